The van der Waals surface area contributed by atoms with Gasteiger partial charge in [-0.1, -0.05) is 24.3 Å². The number of nitrogens with zero attached hydrogens (tertiary/aromatic N) is 2. The summed E-state index contributed by atoms with van der Waals surface area (Å²) in [6, 6.07) is 8.08. The molecular weight excluding hydrogens is 442 g/mol. The predicted molar refractivity (Wildman–Crippen MR) is 116 cm³/mol. The highest BCUT2D eigenvalue weighted by Crippen LogP contribution is 2.16. The molecule has 0 fully saturated rings. The summed E-state index contributed by atoms with van der Waals surface area (Å²) >= 11 is 1.02. The standard InChI is InChI=1S/C19H21N5O5S2/c1-11(2)24-19(27)14-8-5-4-7-13(14)16(22-24)18(26)21-20-17(25)12(3)23-31(28,29)15-9-6-10-30-15/h4-12,23H,1-3H3,(H,20,25)(H,21,26). The number of thiophene rings is 1. The molecule has 3 N–H and O–H groups in total. The molecule has 0 aliphatic rings. The van der Waals surface area contributed by atoms with Crippen molar-refractivity contribution in [3.8, 4) is 0 Å². The van der Waals surface area contributed by atoms with Crippen LogP contribution in [0.4, 0.5) is 0 Å². The Morgan fingerprint density at radius 2 is 1.71 bits per heavy atom. The van der Waals surface area contributed by atoms with Gasteiger partial charge in [-0.2, -0.15) is 9.82 Å². The summed E-state index contributed by atoms with van der Waals surface area (Å²) in [7, 11) is -3.86. The highest BCUT2D eigenvalue weighted by Gasteiger charge is 2.24. The smallest absolute Gasteiger partial charge is 0.271 e. The van der Waals surface area contributed by atoms with Crippen molar-refractivity contribution in [1.82, 2.24) is 25.4 Å². The molecule has 0 aliphatic heterocycles. The lowest BCUT2D eigenvalue weighted by molar-refractivity contribution is -0.123. The SMILES string of the molecule is CC(NS(=O)(=O)c1cccs1)C(=O)NNC(=O)c1nn(C(C)C)c(=O)c2ccccc12. The second-order valence-electron chi connectivity index (χ2n) is 6.96. The molecule has 0 bridgehead atoms. The zero-order chi connectivity index (χ0) is 22.8. The van der Waals surface area contributed by atoms with Crippen LogP contribution in [-0.4, -0.2) is 36.1 Å². The Hall–Kier alpha value is -3.09. The number of carbonyl (C=O) groups excluding carboxylic acids is 2. The number of hydrogen-bond acceptors (Lipinski definition) is 7. The summed E-state index contributed by atoms with van der Waals surface area (Å²) in [4.78, 5) is 37.6. The molecule has 164 valence electrons. The van der Waals surface area contributed by atoms with Crippen LogP contribution in [-0.2, 0) is 14.8 Å². The molecule has 2 aromatic heterocycles. The lowest BCUT2D eigenvalue weighted by Crippen LogP contribution is -2.51. The van der Waals surface area contributed by atoms with Crippen molar-refractivity contribution >= 4 is 43.9 Å². The number of sulfonamides is 1. The first kappa shape index (κ1) is 22.6. The average Bonchev–Trinajstić information content (AvgIpc) is 3.27. The van der Waals surface area contributed by atoms with Crippen LogP contribution in [0.15, 0.2) is 50.8 Å². The number of hydrazine groups is 1. The Balaban J connectivity index is 1.76. The molecule has 3 rings (SSSR count). The third kappa shape index (κ3) is 4.81. The minimum atomic E-state index is -3.86. The molecule has 12 heteroatoms. The second kappa shape index (κ2) is 8.96. The lowest BCUT2D eigenvalue weighted by atomic mass is 10.1. The molecule has 3 aromatic rings. The average molecular weight is 464 g/mol. The zero-order valence-electron chi connectivity index (χ0n) is 16.9. The van der Waals surface area contributed by atoms with E-state index in [4.69, 9.17) is 0 Å². The first-order valence-corrected chi connectivity index (χ1v) is 11.7. The Labute approximate surface area is 182 Å². The van der Waals surface area contributed by atoms with Crippen LogP contribution < -0.4 is 21.1 Å². The number of carbonyl (C=O) groups is 2. The highest BCUT2D eigenvalue weighted by molar-refractivity contribution is 7.91. The Kier molecular flexibility index (Phi) is 6.53. The van der Waals surface area contributed by atoms with E-state index in [1.165, 1.54) is 17.7 Å². The van der Waals surface area contributed by atoms with E-state index in [2.05, 4.69) is 20.7 Å². The Bertz CT molecular complexity index is 1280. The van der Waals surface area contributed by atoms with Crippen molar-refractivity contribution in [3.05, 3.63) is 57.8 Å². The first-order valence-electron chi connectivity index (χ1n) is 9.29. The molecule has 10 nitrogen and oxygen atoms in total. The van der Waals surface area contributed by atoms with E-state index in [0.29, 0.717) is 10.8 Å². The maximum Gasteiger partial charge on any atom is 0.290 e. The minimum absolute atomic E-state index is 0.0454. The van der Waals surface area contributed by atoms with Gasteiger partial charge in [-0.05, 0) is 38.3 Å². The summed E-state index contributed by atoms with van der Waals surface area (Å²) in [5.74, 6) is -1.51. The molecule has 0 aliphatic carbocycles. The molecule has 2 amide bonds. The molecule has 1 unspecified atom stereocenters. The van der Waals surface area contributed by atoms with Crippen molar-refractivity contribution < 1.29 is 18.0 Å². The number of aromatic nitrogens is 2. The maximum atomic E-state index is 12.7. The number of rotatable bonds is 6. The molecule has 1 aromatic carbocycles. The number of amides is 2. The molecule has 0 radical (unpaired) electrons. The number of nitrogens with one attached hydrogen (secondary N) is 3. The van der Waals surface area contributed by atoms with Crippen LogP contribution in [0, 0.1) is 0 Å². The molecule has 0 spiro atoms. The van der Waals surface area contributed by atoms with Gasteiger partial charge in [0.1, 0.15) is 4.21 Å². The largest absolute Gasteiger partial charge is 0.290 e. The fraction of sp³-hybridized carbons (Fsp3) is 0.263. The van der Waals surface area contributed by atoms with E-state index in [1.54, 1.807) is 49.6 Å². The maximum absolute atomic E-state index is 12.7. The molecule has 1 atom stereocenters. The van der Waals surface area contributed by atoms with Gasteiger partial charge >= 0.3 is 0 Å². The molecule has 0 saturated heterocycles. The van der Waals surface area contributed by atoms with E-state index in [0.717, 1.165) is 11.3 Å². The van der Waals surface area contributed by atoms with Crippen molar-refractivity contribution in [2.75, 3.05) is 0 Å². The van der Waals surface area contributed by atoms with Gasteiger partial charge in [0.15, 0.2) is 5.69 Å². The van der Waals surface area contributed by atoms with Gasteiger partial charge < -0.3 is 0 Å². The molecule has 2 heterocycles. The van der Waals surface area contributed by atoms with E-state index in [1.807, 2.05) is 0 Å². The van der Waals surface area contributed by atoms with Crippen LogP contribution in [0.1, 0.15) is 37.3 Å². The van der Waals surface area contributed by atoms with Gasteiger partial charge in [-0.25, -0.2) is 13.1 Å². The highest BCUT2D eigenvalue weighted by atomic mass is 32.2. The summed E-state index contributed by atoms with van der Waals surface area (Å²) in [5, 5.41) is 6.41. The fourth-order valence-corrected chi connectivity index (χ4v) is 4.98. The van der Waals surface area contributed by atoms with Gasteiger partial charge in [-0.3, -0.25) is 25.2 Å². The minimum Gasteiger partial charge on any atom is -0.271 e. The third-order valence-electron chi connectivity index (χ3n) is 4.32. The summed E-state index contributed by atoms with van der Waals surface area (Å²) in [6.45, 7) is 4.86. The monoisotopic (exact) mass is 463 g/mol. The number of benzene rings is 1. The van der Waals surface area contributed by atoms with Crippen molar-refractivity contribution in [3.63, 3.8) is 0 Å². The summed E-state index contributed by atoms with van der Waals surface area (Å²) in [6.07, 6.45) is 0. The van der Waals surface area contributed by atoms with Crippen LogP contribution in [0.3, 0.4) is 0 Å². The topological polar surface area (TPSA) is 139 Å². The zero-order valence-corrected chi connectivity index (χ0v) is 18.6. The summed E-state index contributed by atoms with van der Waals surface area (Å²) < 4.78 is 28.0. The van der Waals surface area contributed by atoms with Gasteiger partial charge in [0.2, 0.25) is 0 Å². The van der Waals surface area contributed by atoms with Gasteiger partial charge in [0.05, 0.1) is 17.5 Å². The second-order valence-corrected chi connectivity index (χ2v) is 9.84. The quantitative estimate of drug-likeness (QED) is 0.469. The lowest BCUT2D eigenvalue weighted by Gasteiger charge is -2.16. The first-order chi connectivity index (χ1) is 14.6. The normalized spacial score (nSPS) is 12.6. The molecule has 0 saturated carbocycles. The van der Waals surface area contributed by atoms with Crippen molar-refractivity contribution in [2.24, 2.45) is 0 Å². The summed E-state index contributed by atoms with van der Waals surface area (Å²) in [5.41, 5.74) is 4.04. The van der Waals surface area contributed by atoms with E-state index >= 15 is 0 Å². The molecular formula is C19H21N5O5S2. The van der Waals surface area contributed by atoms with Crippen molar-refractivity contribution in [2.45, 2.75) is 37.1 Å². The number of hydrogen-bond donors (Lipinski definition) is 3. The van der Waals surface area contributed by atoms with Crippen LogP contribution in [0.2, 0.25) is 0 Å². The van der Waals surface area contributed by atoms with Crippen molar-refractivity contribution in [1.29, 1.82) is 0 Å². The Morgan fingerprint density at radius 3 is 2.32 bits per heavy atom. The third-order valence-corrected chi connectivity index (χ3v) is 7.26. The predicted octanol–water partition coefficient (Wildman–Crippen LogP) is 1.17. The molecule has 31 heavy (non-hydrogen) atoms. The van der Waals surface area contributed by atoms with Crippen LogP contribution in [0.25, 0.3) is 10.8 Å². The van der Waals surface area contributed by atoms with Gasteiger partial charge in [0.25, 0.3) is 27.4 Å². The van der Waals surface area contributed by atoms with Gasteiger partial charge in [0, 0.05) is 5.39 Å². The van der Waals surface area contributed by atoms with E-state index in [-0.39, 0.29) is 21.5 Å². The van der Waals surface area contributed by atoms with E-state index in [9.17, 15) is 22.8 Å². The van der Waals surface area contributed by atoms with Crippen LogP contribution in [0.5, 0.6) is 0 Å². The van der Waals surface area contributed by atoms with Gasteiger partial charge in [-0.15, -0.1) is 11.3 Å². The van der Waals surface area contributed by atoms with E-state index < -0.39 is 27.9 Å². The fourth-order valence-electron chi connectivity index (χ4n) is 2.77. The Morgan fingerprint density at radius 1 is 1.03 bits per heavy atom. The number of fused-ring (bicyclic) bond motifs is 1. The van der Waals surface area contributed by atoms with Crippen LogP contribution >= 0.6 is 11.3 Å².